The van der Waals surface area contributed by atoms with E-state index in [1.165, 1.54) is 25.7 Å². The van der Waals surface area contributed by atoms with Crippen LogP contribution < -0.4 is 10.6 Å². The van der Waals surface area contributed by atoms with Gasteiger partial charge in [0.2, 0.25) is 5.96 Å². The van der Waals surface area contributed by atoms with E-state index in [1.807, 2.05) is 0 Å². The van der Waals surface area contributed by atoms with Crippen molar-refractivity contribution in [3.63, 3.8) is 0 Å². The molecule has 0 radical (unpaired) electrons. The second-order valence-corrected chi connectivity index (χ2v) is 4.56. The Morgan fingerprint density at radius 3 is 2.41 bits per heavy atom. The highest BCUT2D eigenvalue weighted by atomic mass is 16.2. The van der Waals surface area contributed by atoms with Crippen LogP contribution in [0.25, 0.3) is 0 Å². The van der Waals surface area contributed by atoms with Crippen LogP contribution in [-0.2, 0) is 9.59 Å². The highest BCUT2D eigenvalue weighted by molar-refractivity contribution is 6.45. The van der Waals surface area contributed by atoms with E-state index in [2.05, 4.69) is 27.6 Å². The van der Waals surface area contributed by atoms with Gasteiger partial charge in [-0.1, -0.05) is 12.8 Å². The van der Waals surface area contributed by atoms with Crippen molar-refractivity contribution in [2.45, 2.75) is 31.7 Å². The smallest absolute Gasteiger partial charge is 0.302 e. The number of nitrogens with zero attached hydrogens (tertiary/aromatic N) is 2. The first-order valence-corrected chi connectivity index (χ1v) is 6.04. The molecule has 1 aliphatic carbocycles. The molecule has 0 aromatic heterocycles. The SMILES string of the molecule is CN(CCN=C1NC(=O)C(=O)N1)C1CCCC1. The first-order valence-electron chi connectivity index (χ1n) is 6.04. The number of amides is 2. The summed E-state index contributed by atoms with van der Waals surface area (Å²) in [5.41, 5.74) is 0. The molecule has 2 N–H and O–H groups in total. The van der Waals surface area contributed by atoms with Crippen LogP contribution in [0.1, 0.15) is 25.7 Å². The van der Waals surface area contributed by atoms with Crippen LogP contribution in [0.5, 0.6) is 0 Å². The molecule has 0 spiro atoms. The molecule has 0 atom stereocenters. The monoisotopic (exact) mass is 238 g/mol. The third-order valence-electron chi connectivity index (χ3n) is 3.34. The van der Waals surface area contributed by atoms with Crippen molar-refractivity contribution < 1.29 is 9.59 Å². The molecule has 6 nitrogen and oxygen atoms in total. The summed E-state index contributed by atoms with van der Waals surface area (Å²) in [5.74, 6) is -0.986. The molecule has 1 heterocycles. The molecule has 1 saturated carbocycles. The van der Waals surface area contributed by atoms with Crippen LogP contribution in [0, 0.1) is 0 Å². The second-order valence-electron chi connectivity index (χ2n) is 4.56. The largest absolute Gasteiger partial charge is 0.316 e. The fourth-order valence-electron chi connectivity index (χ4n) is 2.29. The number of rotatable bonds is 4. The minimum atomic E-state index is -0.632. The van der Waals surface area contributed by atoms with Crippen LogP contribution in [0.15, 0.2) is 4.99 Å². The van der Waals surface area contributed by atoms with Gasteiger partial charge in [0.1, 0.15) is 0 Å². The second kappa shape index (κ2) is 5.27. The van der Waals surface area contributed by atoms with E-state index in [9.17, 15) is 9.59 Å². The number of likely N-dealkylation sites (N-methyl/N-ethyl adjacent to an activating group) is 1. The topological polar surface area (TPSA) is 73.8 Å². The summed E-state index contributed by atoms with van der Waals surface area (Å²) >= 11 is 0. The van der Waals surface area contributed by atoms with Crippen molar-refractivity contribution >= 4 is 17.8 Å². The van der Waals surface area contributed by atoms with Crippen LogP contribution >= 0.6 is 0 Å². The maximum atomic E-state index is 10.9. The Balaban J connectivity index is 1.73. The molecule has 94 valence electrons. The highest BCUT2D eigenvalue weighted by Gasteiger charge is 2.25. The normalized spacial score (nSPS) is 20.9. The Bertz CT molecular complexity index is 329. The minimum absolute atomic E-state index is 0.278. The first kappa shape index (κ1) is 12.0. The Morgan fingerprint density at radius 1 is 1.24 bits per heavy atom. The number of aliphatic imine (C=N–C) groups is 1. The lowest BCUT2D eigenvalue weighted by molar-refractivity contribution is -0.135. The summed E-state index contributed by atoms with van der Waals surface area (Å²) in [6.07, 6.45) is 5.16. The molecule has 1 aliphatic heterocycles. The summed E-state index contributed by atoms with van der Waals surface area (Å²) in [4.78, 5) is 28.2. The van der Waals surface area contributed by atoms with E-state index in [1.54, 1.807) is 0 Å². The van der Waals surface area contributed by atoms with Gasteiger partial charge in [0, 0.05) is 12.6 Å². The van der Waals surface area contributed by atoms with Crippen molar-refractivity contribution in [1.82, 2.24) is 15.5 Å². The van der Waals surface area contributed by atoms with Gasteiger partial charge >= 0.3 is 11.8 Å². The van der Waals surface area contributed by atoms with Gasteiger partial charge in [0.25, 0.3) is 0 Å². The Labute approximate surface area is 100 Å². The molecule has 1 saturated heterocycles. The molecule has 2 rings (SSSR count). The van der Waals surface area contributed by atoms with Crippen LogP contribution in [0.4, 0.5) is 0 Å². The zero-order chi connectivity index (χ0) is 12.3. The number of hydrogen-bond acceptors (Lipinski definition) is 4. The zero-order valence-electron chi connectivity index (χ0n) is 10.0. The summed E-state index contributed by atoms with van der Waals surface area (Å²) in [5, 5.41) is 4.76. The number of nitrogens with one attached hydrogen (secondary N) is 2. The van der Waals surface area contributed by atoms with Crippen molar-refractivity contribution in [3.8, 4) is 0 Å². The lowest BCUT2D eigenvalue weighted by atomic mass is 10.2. The number of hydrogen-bond donors (Lipinski definition) is 2. The minimum Gasteiger partial charge on any atom is -0.302 e. The van der Waals surface area contributed by atoms with Gasteiger partial charge < -0.3 is 4.90 Å². The zero-order valence-corrected chi connectivity index (χ0v) is 10.0. The molecular formula is C11H18N4O2. The van der Waals surface area contributed by atoms with E-state index in [-0.39, 0.29) is 5.96 Å². The van der Waals surface area contributed by atoms with Crippen molar-refractivity contribution in [1.29, 1.82) is 0 Å². The van der Waals surface area contributed by atoms with Crippen molar-refractivity contribution in [2.24, 2.45) is 4.99 Å². The number of carbonyl (C=O) groups excluding carboxylic acids is 2. The van der Waals surface area contributed by atoms with E-state index < -0.39 is 11.8 Å². The van der Waals surface area contributed by atoms with Crippen molar-refractivity contribution in [2.75, 3.05) is 20.1 Å². The van der Waals surface area contributed by atoms with E-state index >= 15 is 0 Å². The highest BCUT2D eigenvalue weighted by Crippen LogP contribution is 2.21. The van der Waals surface area contributed by atoms with Gasteiger partial charge in [0.15, 0.2) is 0 Å². The molecule has 0 bridgehead atoms. The molecule has 2 fully saturated rings. The van der Waals surface area contributed by atoms with Gasteiger partial charge in [-0.3, -0.25) is 25.2 Å². The van der Waals surface area contributed by atoms with Gasteiger partial charge in [-0.25, -0.2) is 0 Å². The lowest BCUT2D eigenvalue weighted by Gasteiger charge is -2.22. The average Bonchev–Trinajstić information content (AvgIpc) is 2.90. The maximum Gasteiger partial charge on any atom is 0.316 e. The third kappa shape index (κ3) is 3.03. The Kier molecular flexibility index (Phi) is 3.73. The number of guanidine groups is 1. The van der Waals surface area contributed by atoms with Gasteiger partial charge in [-0.05, 0) is 19.9 Å². The van der Waals surface area contributed by atoms with E-state index in [4.69, 9.17) is 0 Å². The molecule has 0 aromatic carbocycles. The molecule has 2 amide bonds. The molecule has 17 heavy (non-hydrogen) atoms. The summed E-state index contributed by atoms with van der Waals surface area (Å²) in [6.45, 7) is 1.43. The molecule has 2 aliphatic rings. The molecular weight excluding hydrogens is 220 g/mol. The molecule has 0 unspecified atom stereocenters. The standard InChI is InChI=1S/C11H18N4O2/c1-15(8-4-2-3-5-8)7-6-12-11-13-9(16)10(17)14-11/h8H,2-7H2,1H3,(H2,12,13,14,16,17). The third-order valence-corrected chi connectivity index (χ3v) is 3.34. The quantitative estimate of drug-likeness (QED) is 0.646. The summed E-state index contributed by atoms with van der Waals surface area (Å²) < 4.78 is 0. The van der Waals surface area contributed by atoms with Gasteiger partial charge in [0.05, 0.1) is 6.54 Å². The maximum absolute atomic E-state index is 10.9. The molecule has 0 aromatic rings. The van der Waals surface area contributed by atoms with Gasteiger partial charge in [-0.2, -0.15) is 0 Å². The van der Waals surface area contributed by atoms with Crippen LogP contribution in [-0.4, -0.2) is 48.9 Å². The summed E-state index contributed by atoms with van der Waals surface area (Å²) in [7, 11) is 2.10. The Morgan fingerprint density at radius 2 is 1.82 bits per heavy atom. The predicted molar refractivity (Wildman–Crippen MR) is 63.5 cm³/mol. The van der Waals surface area contributed by atoms with E-state index in [0.717, 1.165) is 6.54 Å². The first-order chi connectivity index (χ1) is 8.16. The summed E-state index contributed by atoms with van der Waals surface area (Å²) in [6, 6.07) is 0.669. The van der Waals surface area contributed by atoms with Crippen LogP contribution in [0.2, 0.25) is 0 Å². The fourth-order valence-corrected chi connectivity index (χ4v) is 2.29. The van der Waals surface area contributed by atoms with Crippen molar-refractivity contribution in [3.05, 3.63) is 0 Å². The van der Waals surface area contributed by atoms with Gasteiger partial charge in [-0.15, -0.1) is 0 Å². The lowest BCUT2D eigenvalue weighted by Crippen LogP contribution is -2.32. The van der Waals surface area contributed by atoms with E-state index in [0.29, 0.717) is 12.6 Å². The number of carbonyl (C=O) groups is 2. The predicted octanol–water partition coefficient (Wildman–Crippen LogP) is -0.537. The molecule has 6 heteroatoms. The average molecular weight is 238 g/mol. The Hall–Kier alpha value is -1.43. The van der Waals surface area contributed by atoms with Crippen LogP contribution in [0.3, 0.4) is 0 Å². The fraction of sp³-hybridized carbons (Fsp3) is 0.727.